The van der Waals surface area contributed by atoms with Crippen LogP contribution in [0, 0.1) is 16.0 Å². The molecule has 0 bridgehead atoms. The topological polar surface area (TPSA) is 89.8 Å². The van der Waals surface area contributed by atoms with Gasteiger partial charge in [0, 0.05) is 30.8 Å². The third-order valence-corrected chi connectivity index (χ3v) is 3.55. The Morgan fingerprint density at radius 3 is 2.86 bits per heavy atom. The van der Waals surface area contributed by atoms with Gasteiger partial charge in [-0.3, -0.25) is 19.7 Å². The average molecular weight is 292 g/mol. The van der Waals surface area contributed by atoms with Crippen LogP contribution in [0.3, 0.4) is 0 Å². The molecule has 1 aromatic rings. The minimum atomic E-state index is -0.537. The summed E-state index contributed by atoms with van der Waals surface area (Å²) in [6, 6.07) is 5.61. The summed E-state index contributed by atoms with van der Waals surface area (Å²) in [6.45, 7) is 0.823. The van der Waals surface area contributed by atoms with Crippen molar-refractivity contribution in [2.45, 2.75) is 12.8 Å². The lowest BCUT2D eigenvalue weighted by Crippen LogP contribution is -2.42. The van der Waals surface area contributed by atoms with Crippen molar-refractivity contribution >= 4 is 17.6 Å². The Morgan fingerprint density at radius 2 is 2.19 bits per heavy atom. The molecule has 1 atom stereocenters. The number of nitrogens with zero attached hydrogens (tertiary/aromatic N) is 2. The lowest BCUT2D eigenvalue weighted by Gasteiger charge is -2.31. The average Bonchev–Trinajstić information content (AvgIpc) is 2.53. The Labute approximate surface area is 121 Å². The van der Waals surface area contributed by atoms with Gasteiger partial charge in [0.05, 0.1) is 18.0 Å². The summed E-state index contributed by atoms with van der Waals surface area (Å²) in [4.78, 5) is 35.7. The Morgan fingerprint density at radius 1 is 1.43 bits per heavy atom. The monoisotopic (exact) mass is 292 g/mol. The van der Waals surface area contributed by atoms with Crippen molar-refractivity contribution in [3.8, 4) is 0 Å². The second-order valence-corrected chi connectivity index (χ2v) is 4.92. The SMILES string of the molecule is COC(=O)[C@H]1CCCN(C(=O)c2cccc([N+](=O)[O-])c2)C1. The molecule has 2 rings (SSSR count). The number of carbonyl (C=O) groups excluding carboxylic acids is 2. The number of ether oxygens (including phenoxy) is 1. The van der Waals surface area contributed by atoms with E-state index in [1.165, 1.54) is 31.4 Å². The zero-order valence-electron chi connectivity index (χ0n) is 11.7. The van der Waals surface area contributed by atoms with E-state index in [1.54, 1.807) is 4.90 Å². The third kappa shape index (κ3) is 3.36. The molecule has 0 aromatic heterocycles. The van der Waals surface area contributed by atoms with E-state index in [-0.39, 0.29) is 35.6 Å². The number of amides is 1. The van der Waals surface area contributed by atoms with Gasteiger partial charge in [-0.15, -0.1) is 0 Å². The van der Waals surface area contributed by atoms with Crippen molar-refractivity contribution in [3.63, 3.8) is 0 Å². The molecule has 1 heterocycles. The van der Waals surface area contributed by atoms with E-state index in [0.29, 0.717) is 19.4 Å². The fourth-order valence-electron chi connectivity index (χ4n) is 2.46. The van der Waals surface area contributed by atoms with E-state index in [0.717, 1.165) is 0 Å². The van der Waals surface area contributed by atoms with Gasteiger partial charge in [-0.25, -0.2) is 0 Å². The highest BCUT2D eigenvalue weighted by molar-refractivity contribution is 5.95. The highest BCUT2D eigenvalue weighted by Gasteiger charge is 2.29. The van der Waals surface area contributed by atoms with Gasteiger partial charge in [-0.2, -0.15) is 0 Å². The van der Waals surface area contributed by atoms with Crippen LogP contribution in [0.2, 0.25) is 0 Å². The predicted octanol–water partition coefficient (Wildman–Crippen LogP) is 1.62. The number of nitro groups is 1. The Bertz CT molecular complexity index is 572. The number of rotatable bonds is 3. The molecule has 1 amide bonds. The predicted molar refractivity (Wildman–Crippen MR) is 73.7 cm³/mol. The van der Waals surface area contributed by atoms with Gasteiger partial charge in [-0.1, -0.05) is 6.07 Å². The Balaban J connectivity index is 2.14. The van der Waals surface area contributed by atoms with Crippen LogP contribution in [0.5, 0.6) is 0 Å². The van der Waals surface area contributed by atoms with Gasteiger partial charge < -0.3 is 9.64 Å². The maximum absolute atomic E-state index is 12.4. The fraction of sp³-hybridized carbons (Fsp3) is 0.429. The number of hydrogen-bond acceptors (Lipinski definition) is 5. The second kappa shape index (κ2) is 6.34. The number of carbonyl (C=O) groups is 2. The number of nitro benzene ring substituents is 1. The summed E-state index contributed by atoms with van der Waals surface area (Å²) in [6.07, 6.45) is 1.39. The molecular weight excluding hydrogens is 276 g/mol. The van der Waals surface area contributed by atoms with E-state index < -0.39 is 4.92 Å². The Kier molecular flexibility index (Phi) is 4.52. The molecule has 0 N–H and O–H groups in total. The zero-order valence-corrected chi connectivity index (χ0v) is 11.7. The van der Waals surface area contributed by atoms with Gasteiger partial charge in [0.2, 0.25) is 0 Å². The number of non-ortho nitro benzene ring substituents is 1. The van der Waals surface area contributed by atoms with Crippen molar-refractivity contribution < 1.29 is 19.2 Å². The molecule has 7 heteroatoms. The number of piperidine rings is 1. The van der Waals surface area contributed by atoms with Crippen LogP contribution in [-0.4, -0.2) is 41.9 Å². The van der Waals surface area contributed by atoms with Gasteiger partial charge in [0.15, 0.2) is 0 Å². The highest BCUT2D eigenvalue weighted by atomic mass is 16.6. The quantitative estimate of drug-likeness (QED) is 0.479. The number of hydrogen-bond donors (Lipinski definition) is 0. The van der Waals surface area contributed by atoms with E-state index >= 15 is 0 Å². The lowest BCUT2D eigenvalue weighted by molar-refractivity contribution is -0.384. The molecule has 1 fully saturated rings. The first-order chi connectivity index (χ1) is 10.0. The van der Waals surface area contributed by atoms with Gasteiger partial charge in [-0.05, 0) is 18.9 Å². The maximum atomic E-state index is 12.4. The fourth-order valence-corrected chi connectivity index (χ4v) is 2.46. The van der Waals surface area contributed by atoms with Crippen molar-refractivity contribution in [2.24, 2.45) is 5.92 Å². The molecule has 0 spiro atoms. The summed E-state index contributed by atoms with van der Waals surface area (Å²) in [7, 11) is 1.32. The molecule has 0 radical (unpaired) electrons. The minimum absolute atomic E-state index is 0.123. The lowest BCUT2D eigenvalue weighted by atomic mass is 9.97. The van der Waals surface area contributed by atoms with Crippen LogP contribution in [-0.2, 0) is 9.53 Å². The second-order valence-electron chi connectivity index (χ2n) is 4.92. The number of benzene rings is 1. The van der Waals surface area contributed by atoms with Gasteiger partial charge >= 0.3 is 5.97 Å². The molecule has 0 unspecified atom stereocenters. The van der Waals surface area contributed by atoms with Crippen LogP contribution in [0.1, 0.15) is 23.2 Å². The van der Waals surface area contributed by atoms with E-state index in [2.05, 4.69) is 0 Å². The molecule has 112 valence electrons. The third-order valence-electron chi connectivity index (χ3n) is 3.55. The number of likely N-dealkylation sites (tertiary alicyclic amines) is 1. The Hall–Kier alpha value is -2.44. The first-order valence-corrected chi connectivity index (χ1v) is 6.64. The molecule has 1 saturated heterocycles. The van der Waals surface area contributed by atoms with Crippen LogP contribution in [0.15, 0.2) is 24.3 Å². The van der Waals surface area contributed by atoms with Crippen LogP contribution < -0.4 is 0 Å². The molecular formula is C14H16N2O5. The first kappa shape index (κ1) is 15.0. The largest absolute Gasteiger partial charge is 0.469 e. The summed E-state index contributed by atoms with van der Waals surface area (Å²) in [5, 5.41) is 10.8. The number of methoxy groups -OCH3 is 1. The first-order valence-electron chi connectivity index (χ1n) is 6.64. The summed E-state index contributed by atoms with van der Waals surface area (Å²) in [5.41, 5.74) is 0.136. The smallest absolute Gasteiger partial charge is 0.310 e. The van der Waals surface area contributed by atoms with Crippen LogP contribution in [0.25, 0.3) is 0 Å². The molecule has 1 aliphatic heterocycles. The van der Waals surface area contributed by atoms with Crippen LogP contribution in [0.4, 0.5) is 5.69 Å². The van der Waals surface area contributed by atoms with E-state index in [9.17, 15) is 19.7 Å². The minimum Gasteiger partial charge on any atom is -0.469 e. The summed E-state index contributed by atoms with van der Waals surface area (Å²) >= 11 is 0. The van der Waals surface area contributed by atoms with Crippen molar-refractivity contribution in [1.82, 2.24) is 4.90 Å². The molecule has 7 nitrogen and oxygen atoms in total. The van der Waals surface area contributed by atoms with Crippen molar-refractivity contribution in [1.29, 1.82) is 0 Å². The summed E-state index contributed by atoms with van der Waals surface area (Å²) in [5.74, 6) is -0.953. The summed E-state index contributed by atoms with van der Waals surface area (Å²) < 4.78 is 4.71. The van der Waals surface area contributed by atoms with Gasteiger partial charge in [0.1, 0.15) is 0 Å². The molecule has 0 aliphatic carbocycles. The molecule has 1 aliphatic rings. The normalized spacial score (nSPS) is 18.1. The molecule has 1 aromatic carbocycles. The molecule has 21 heavy (non-hydrogen) atoms. The molecule has 0 saturated carbocycles. The van der Waals surface area contributed by atoms with Crippen molar-refractivity contribution in [2.75, 3.05) is 20.2 Å². The zero-order chi connectivity index (χ0) is 15.4. The highest BCUT2D eigenvalue weighted by Crippen LogP contribution is 2.21. The van der Waals surface area contributed by atoms with Crippen LogP contribution >= 0.6 is 0 Å². The number of esters is 1. The van der Waals surface area contributed by atoms with Gasteiger partial charge in [0.25, 0.3) is 11.6 Å². The maximum Gasteiger partial charge on any atom is 0.310 e. The standard InChI is InChI=1S/C14H16N2O5/c1-21-14(18)11-5-3-7-15(9-11)13(17)10-4-2-6-12(8-10)16(19)20/h2,4,6,8,11H,3,5,7,9H2,1H3/t11-/m0/s1. The van der Waals surface area contributed by atoms with Crippen molar-refractivity contribution in [3.05, 3.63) is 39.9 Å². The van der Waals surface area contributed by atoms with E-state index in [4.69, 9.17) is 4.74 Å². The van der Waals surface area contributed by atoms with E-state index in [1.807, 2.05) is 0 Å².